The van der Waals surface area contributed by atoms with E-state index in [4.69, 9.17) is 14.9 Å². The first-order valence-electron chi connectivity index (χ1n) is 5.74. The third kappa shape index (κ3) is 2.21. The van der Waals surface area contributed by atoms with Crippen LogP contribution in [0.3, 0.4) is 0 Å². The molecule has 1 unspecified atom stereocenters. The Hall–Kier alpha value is -1.53. The van der Waals surface area contributed by atoms with Crippen molar-refractivity contribution >= 4 is 11.8 Å². The Kier molecular flexibility index (Phi) is 3.21. The standard InChI is InChI=1S/C12H13N3O2S/c13-5-11-14-15-12(17-11)18-7-8-6-16-10-4-2-1-3-9(8)10/h1-4,8H,5-7,13H2. The first-order chi connectivity index (χ1) is 8.86. The largest absolute Gasteiger partial charge is 0.493 e. The second-order valence-electron chi connectivity index (χ2n) is 4.02. The van der Waals surface area contributed by atoms with Crippen molar-refractivity contribution in [1.29, 1.82) is 0 Å². The number of hydrogen-bond acceptors (Lipinski definition) is 6. The van der Waals surface area contributed by atoms with E-state index in [2.05, 4.69) is 16.3 Å². The van der Waals surface area contributed by atoms with Crippen LogP contribution < -0.4 is 10.5 Å². The van der Waals surface area contributed by atoms with E-state index >= 15 is 0 Å². The highest BCUT2D eigenvalue weighted by molar-refractivity contribution is 7.99. The summed E-state index contributed by atoms with van der Waals surface area (Å²) in [7, 11) is 0. The summed E-state index contributed by atoms with van der Waals surface area (Å²) in [6.07, 6.45) is 0. The molecule has 0 spiro atoms. The van der Waals surface area contributed by atoms with E-state index in [1.165, 1.54) is 5.56 Å². The number of fused-ring (bicyclic) bond motifs is 1. The molecule has 0 saturated carbocycles. The van der Waals surface area contributed by atoms with Crippen molar-refractivity contribution in [2.45, 2.75) is 17.7 Å². The monoisotopic (exact) mass is 263 g/mol. The molecule has 6 heteroatoms. The van der Waals surface area contributed by atoms with Crippen molar-refractivity contribution < 1.29 is 9.15 Å². The Morgan fingerprint density at radius 3 is 3.06 bits per heavy atom. The maximum Gasteiger partial charge on any atom is 0.276 e. The molecule has 0 aliphatic carbocycles. The molecule has 3 rings (SSSR count). The van der Waals surface area contributed by atoms with Crippen molar-refractivity contribution in [2.24, 2.45) is 5.73 Å². The van der Waals surface area contributed by atoms with Gasteiger partial charge >= 0.3 is 0 Å². The molecule has 0 amide bonds. The number of ether oxygens (including phenoxy) is 1. The minimum atomic E-state index is 0.281. The number of para-hydroxylation sites is 1. The minimum Gasteiger partial charge on any atom is -0.493 e. The smallest absolute Gasteiger partial charge is 0.276 e. The van der Waals surface area contributed by atoms with Crippen LogP contribution in [0.4, 0.5) is 0 Å². The summed E-state index contributed by atoms with van der Waals surface area (Å²) >= 11 is 1.54. The van der Waals surface area contributed by atoms with Crippen molar-refractivity contribution in [2.75, 3.05) is 12.4 Å². The lowest BCUT2D eigenvalue weighted by Gasteiger charge is -2.05. The molecule has 94 valence electrons. The van der Waals surface area contributed by atoms with Gasteiger partial charge in [-0.05, 0) is 6.07 Å². The molecule has 5 nitrogen and oxygen atoms in total. The molecule has 1 atom stereocenters. The highest BCUT2D eigenvalue weighted by atomic mass is 32.2. The van der Waals surface area contributed by atoms with E-state index in [1.54, 1.807) is 11.8 Å². The van der Waals surface area contributed by atoms with Gasteiger partial charge in [-0.1, -0.05) is 30.0 Å². The highest BCUT2D eigenvalue weighted by Gasteiger charge is 2.24. The summed E-state index contributed by atoms with van der Waals surface area (Å²) in [5.74, 6) is 2.69. The predicted octanol–water partition coefficient (Wildman–Crippen LogP) is 1.80. The Morgan fingerprint density at radius 1 is 1.33 bits per heavy atom. The van der Waals surface area contributed by atoms with Crippen LogP contribution in [0.15, 0.2) is 33.9 Å². The van der Waals surface area contributed by atoms with Crippen molar-refractivity contribution in [1.82, 2.24) is 10.2 Å². The molecular formula is C12H13N3O2S. The van der Waals surface area contributed by atoms with Gasteiger partial charge in [0.15, 0.2) is 0 Å². The summed E-state index contributed by atoms with van der Waals surface area (Å²) in [6, 6.07) is 8.12. The summed E-state index contributed by atoms with van der Waals surface area (Å²) < 4.78 is 11.0. The summed E-state index contributed by atoms with van der Waals surface area (Å²) in [6.45, 7) is 0.993. The van der Waals surface area contributed by atoms with Crippen molar-refractivity contribution in [3.63, 3.8) is 0 Å². The van der Waals surface area contributed by atoms with E-state index in [-0.39, 0.29) is 6.54 Å². The zero-order valence-electron chi connectivity index (χ0n) is 9.70. The van der Waals surface area contributed by atoms with E-state index in [9.17, 15) is 0 Å². The number of benzene rings is 1. The number of nitrogens with zero attached hydrogens (tertiary/aromatic N) is 2. The maximum absolute atomic E-state index is 5.63. The third-order valence-electron chi connectivity index (χ3n) is 2.83. The molecule has 1 aliphatic heterocycles. The number of hydrogen-bond donors (Lipinski definition) is 1. The predicted molar refractivity (Wildman–Crippen MR) is 67.6 cm³/mol. The molecule has 2 N–H and O–H groups in total. The SMILES string of the molecule is NCc1nnc(SCC2COc3ccccc32)o1. The molecule has 1 aliphatic rings. The van der Waals surface area contributed by atoms with Crippen molar-refractivity contribution in [3.8, 4) is 5.75 Å². The van der Waals surface area contributed by atoms with Crippen LogP contribution in [0.25, 0.3) is 0 Å². The van der Waals surface area contributed by atoms with Gasteiger partial charge in [0.1, 0.15) is 5.75 Å². The quantitative estimate of drug-likeness (QED) is 0.848. The van der Waals surface area contributed by atoms with E-state index < -0.39 is 0 Å². The fourth-order valence-corrected chi connectivity index (χ4v) is 2.79. The van der Waals surface area contributed by atoms with Gasteiger partial charge in [0.2, 0.25) is 5.89 Å². The summed E-state index contributed by atoms with van der Waals surface area (Å²) in [5.41, 5.74) is 6.67. The Morgan fingerprint density at radius 2 is 2.22 bits per heavy atom. The zero-order chi connectivity index (χ0) is 12.4. The molecule has 2 heterocycles. The van der Waals surface area contributed by atoms with Crippen LogP contribution in [0.1, 0.15) is 17.4 Å². The Labute approximate surface area is 109 Å². The second-order valence-corrected chi connectivity index (χ2v) is 4.99. The van der Waals surface area contributed by atoms with Gasteiger partial charge < -0.3 is 14.9 Å². The fourth-order valence-electron chi connectivity index (χ4n) is 1.92. The first-order valence-corrected chi connectivity index (χ1v) is 6.72. The highest BCUT2D eigenvalue weighted by Crippen LogP contribution is 2.36. The average molecular weight is 263 g/mol. The molecule has 2 aromatic rings. The Balaban J connectivity index is 1.65. The number of thioether (sulfide) groups is 1. The first kappa shape index (κ1) is 11.6. The lowest BCUT2D eigenvalue weighted by atomic mass is 10.0. The van der Waals surface area contributed by atoms with Crippen LogP contribution in [0, 0.1) is 0 Å². The van der Waals surface area contributed by atoms with Gasteiger partial charge in [-0.3, -0.25) is 0 Å². The van der Waals surface area contributed by atoms with Crippen molar-refractivity contribution in [3.05, 3.63) is 35.7 Å². The van der Waals surface area contributed by atoms with E-state index in [1.807, 2.05) is 18.2 Å². The van der Waals surface area contributed by atoms with Crippen LogP contribution in [-0.2, 0) is 6.54 Å². The molecule has 0 bridgehead atoms. The number of aromatic nitrogens is 2. The fraction of sp³-hybridized carbons (Fsp3) is 0.333. The normalized spacial score (nSPS) is 17.5. The molecule has 0 radical (unpaired) electrons. The van der Waals surface area contributed by atoms with Gasteiger partial charge in [0.25, 0.3) is 5.22 Å². The molecule has 0 fully saturated rings. The lowest BCUT2D eigenvalue weighted by Crippen LogP contribution is -2.03. The van der Waals surface area contributed by atoms with E-state index in [0.717, 1.165) is 11.5 Å². The summed E-state index contributed by atoms with van der Waals surface area (Å²) in [4.78, 5) is 0. The molecule has 1 aromatic carbocycles. The number of nitrogens with two attached hydrogens (primary N) is 1. The minimum absolute atomic E-state index is 0.281. The van der Waals surface area contributed by atoms with Gasteiger partial charge in [-0.15, -0.1) is 10.2 Å². The Bertz CT molecular complexity index is 544. The molecule has 1 aromatic heterocycles. The van der Waals surface area contributed by atoms with Gasteiger partial charge in [-0.25, -0.2) is 0 Å². The van der Waals surface area contributed by atoms with Crippen LogP contribution in [0.2, 0.25) is 0 Å². The third-order valence-corrected chi connectivity index (χ3v) is 3.81. The second kappa shape index (κ2) is 4.99. The molecule has 18 heavy (non-hydrogen) atoms. The maximum atomic E-state index is 5.63. The van der Waals surface area contributed by atoms with E-state index in [0.29, 0.717) is 23.6 Å². The number of rotatable bonds is 4. The molecular weight excluding hydrogens is 250 g/mol. The summed E-state index contributed by atoms with van der Waals surface area (Å²) in [5, 5.41) is 8.33. The van der Waals surface area contributed by atoms with Crippen LogP contribution >= 0.6 is 11.8 Å². The average Bonchev–Trinajstić information content (AvgIpc) is 3.03. The topological polar surface area (TPSA) is 74.2 Å². The van der Waals surface area contributed by atoms with Crippen LogP contribution in [-0.4, -0.2) is 22.6 Å². The van der Waals surface area contributed by atoms with Gasteiger partial charge in [0, 0.05) is 17.2 Å². The van der Waals surface area contributed by atoms with Gasteiger partial charge in [-0.2, -0.15) is 0 Å². The molecule has 0 saturated heterocycles. The lowest BCUT2D eigenvalue weighted by molar-refractivity contribution is 0.338. The van der Waals surface area contributed by atoms with Crippen LogP contribution in [0.5, 0.6) is 5.75 Å². The zero-order valence-corrected chi connectivity index (χ0v) is 10.5. The van der Waals surface area contributed by atoms with Gasteiger partial charge in [0.05, 0.1) is 13.2 Å².